The van der Waals surface area contributed by atoms with Crippen molar-refractivity contribution in [3.05, 3.63) is 45.9 Å². The quantitative estimate of drug-likeness (QED) is 0.902. The Kier molecular flexibility index (Phi) is 3.86. The van der Waals surface area contributed by atoms with Gasteiger partial charge in [-0.05, 0) is 19.5 Å². The van der Waals surface area contributed by atoms with E-state index in [4.69, 9.17) is 0 Å². The number of hydrogen-bond donors (Lipinski definition) is 1. The molecule has 3 nitrogen and oxygen atoms in total. The monoisotopic (exact) mass is 247 g/mol. The van der Waals surface area contributed by atoms with Gasteiger partial charge in [0.1, 0.15) is 10.0 Å². The lowest BCUT2D eigenvalue weighted by molar-refractivity contribution is 0.639. The van der Waals surface area contributed by atoms with Gasteiger partial charge in [0.2, 0.25) is 0 Å². The van der Waals surface area contributed by atoms with Gasteiger partial charge in [-0.15, -0.1) is 10.2 Å². The Morgan fingerprint density at radius 3 is 2.35 bits per heavy atom. The minimum atomic E-state index is 0.268. The lowest BCUT2D eigenvalue weighted by Gasteiger charge is -2.07. The first-order valence-electron chi connectivity index (χ1n) is 5.78. The van der Waals surface area contributed by atoms with Crippen molar-refractivity contribution < 1.29 is 0 Å². The van der Waals surface area contributed by atoms with Crippen LogP contribution in [0.1, 0.15) is 41.4 Å². The average molecular weight is 247 g/mol. The molecule has 0 aliphatic carbocycles. The van der Waals surface area contributed by atoms with Gasteiger partial charge >= 0.3 is 0 Å². The summed E-state index contributed by atoms with van der Waals surface area (Å²) in [6, 6.07) is 10.7. The summed E-state index contributed by atoms with van der Waals surface area (Å²) in [6.45, 7) is 4.27. The van der Waals surface area contributed by atoms with E-state index in [-0.39, 0.29) is 6.04 Å². The highest BCUT2D eigenvalue weighted by molar-refractivity contribution is 7.11. The lowest BCUT2D eigenvalue weighted by atomic mass is 10.0. The maximum Gasteiger partial charge on any atom is 0.134 e. The van der Waals surface area contributed by atoms with Crippen LogP contribution in [0.4, 0.5) is 0 Å². The van der Waals surface area contributed by atoms with E-state index in [0.29, 0.717) is 5.92 Å². The molecule has 0 saturated heterocycles. The van der Waals surface area contributed by atoms with Gasteiger partial charge < -0.3 is 5.32 Å². The van der Waals surface area contributed by atoms with E-state index >= 15 is 0 Å². The number of benzene rings is 1. The fraction of sp³-hybridized carbons (Fsp3) is 0.385. The standard InChI is InChI=1S/C13H17N3S/c1-9(11-7-5-4-6-8-11)12-15-16-13(17-12)10(2)14-3/h4-10,14H,1-3H3. The van der Waals surface area contributed by atoms with E-state index in [1.165, 1.54) is 5.56 Å². The first-order chi connectivity index (χ1) is 8.22. The summed E-state index contributed by atoms with van der Waals surface area (Å²) in [6.07, 6.45) is 0. The molecule has 0 fully saturated rings. The van der Waals surface area contributed by atoms with Crippen LogP contribution in [0.2, 0.25) is 0 Å². The zero-order valence-electron chi connectivity index (χ0n) is 10.3. The fourth-order valence-electron chi connectivity index (χ4n) is 1.60. The average Bonchev–Trinajstić information content (AvgIpc) is 2.87. The summed E-state index contributed by atoms with van der Waals surface area (Å²) in [5, 5.41) is 13.8. The lowest BCUT2D eigenvalue weighted by Crippen LogP contribution is -2.11. The summed E-state index contributed by atoms with van der Waals surface area (Å²) in [5.74, 6) is 0.312. The summed E-state index contributed by atoms with van der Waals surface area (Å²) in [7, 11) is 1.94. The van der Waals surface area contributed by atoms with Crippen LogP contribution in [-0.4, -0.2) is 17.2 Å². The van der Waals surface area contributed by atoms with Crippen molar-refractivity contribution >= 4 is 11.3 Å². The van der Waals surface area contributed by atoms with E-state index in [1.807, 2.05) is 13.1 Å². The van der Waals surface area contributed by atoms with Crippen molar-refractivity contribution in [2.24, 2.45) is 0 Å². The van der Waals surface area contributed by atoms with Crippen molar-refractivity contribution in [1.82, 2.24) is 15.5 Å². The maximum atomic E-state index is 4.29. The highest BCUT2D eigenvalue weighted by Gasteiger charge is 2.16. The van der Waals surface area contributed by atoms with Crippen LogP contribution in [0.5, 0.6) is 0 Å². The molecule has 1 aromatic carbocycles. The summed E-state index contributed by atoms with van der Waals surface area (Å²) < 4.78 is 0. The number of rotatable bonds is 4. The Balaban J connectivity index is 2.20. The third-order valence-corrected chi connectivity index (χ3v) is 4.22. The molecule has 2 aromatic rings. The summed E-state index contributed by atoms with van der Waals surface area (Å²) >= 11 is 1.68. The first kappa shape index (κ1) is 12.2. The zero-order chi connectivity index (χ0) is 12.3. The maximum absolute atomic E-state index is 4.29. The van der Waals surface area contributed by atoms with E-state index in [0.717, 1.165) is 10.0 Å². The van der Waals surface area contributed by atoms with E-state index in [1.54, 1.807) is 11.3 Å². The number of hydrogen-bond acceptors (Lipinski definition) is 4. The molecule has 90 valence electrons. The Bertz CT molecular complexity index is 467. The second-order valence-electron chi connectivity index (χ2n) is 4.12. The molecule has 1 heterocycles. The summed E-state index contributed by atoms with van der Waals surface area (Å²) in [5.41, 5.74) is 1.28. The molecule has 1 aromatic heterocycles. The third kappa shape index (κ3) is 2.70. The molecule has 0 bridgehead atoms. The van der Waals surface area contributed by atoms with Crippen molar-refractivity contribution in [3.63, 3.8) is 0 Å². The molecule has 0 saturated carbocycles. The van der Waals surface area contributed by atoms with Crippen LogP contribution >= 0.6 is 11.3 Å². The van der Waals surface area contributed by atoms with Crippen molar-refractivity contribution in [2.75, 3.05) is 7.05 Å². The summed E-state index contributed by atoms with van der Waals surface area (Å²) in [4.78, 5) is 0. The van der Waals surface area contributed by atoms with Gasteiger partial charge in [-0.2, -0.15) is 0 Å². The van der Waals surface area contributed by atoms with Gasteiger partial charge in [-0.25, -0.2) is 0 Å². The molecule has 0 aliphatic heterocycles. The SMILES string of the molecule is CNC(C)c1nnc(C(C)c2ccccc2)s1. The van der Waals surface area contributed by atoms with Crippen molar-refractivity contribution in [1.29, 1.82) is 0 Å². The van der Waals surface area contributed by atoms with Crippen LogP contribution in [0, 0.1) is 0 Å². The second kappa shape index (κ2) is 5.38. The van der Waals surface area contributed by atoms with Crippen molar-refractivity contribution in [2.45, 2.75) is 25.8 Å². The largest absolute Gasteiger partial charge is 0.311 e. The molecule has 0 amide bonds. The Morgan fingerprint density at radius 2 is 1.71 bits per heavy atom. The highest BCUT2D eigenvalue weighted by atomic mass is 32.1. The second-order valence-corrected chi connectivity index (χ2v) is 5.16. The molecule has 2 atom stereocenters. The molecule has 17 heavy (non-hydrogen) atoms. The Morgan fingerprint density at radius 1 is 1.06 bits per heavy atom. The van der Waals surface area contributed by atoms with Crippen LogP contribution in [0.3, 0.4) is 0 Å². The van der Waals surface area contributed by atoms with Gasteiger partial charge in [0.25, 0.3) is 0 Å². The topological polar surface area (TPSA) is 37.8 Å². The molecule has 0 spiro atoms. The first-order valence-corrected chi connectivity index (χ1v) is 6.59. The van der Waals surface area contributed by atoms with Crippen LogP contribution < -0.4 is 5.32 Å². The Hall–Kier alpha value is -1.26. The van der Waals surface area contributed by atoms with Gasteiger partial charge in [-0.3, -0.25) is 0 Å². The molecule has 0 aliphatic rings. The molecular formula is C13H17N3S. The molecular weight excluding hydrogens is 230 g/mol. The third-order valence-electron chi connectivity index (χ3n) is 2.93. The minimum absolute atomic E-state index is 0.268. The molecule has 2 rings (SSSR count). The molecule has 0 radical (unpaired) electrons. The van der Waals surface area contributed by atoms with Crippen LogP contribution in [0.25, 0.3) is 0 Å². The van der Waals surface area contributed by atoms with Gasteiger partial charge in [0.15, 0.2) is 0 Å². The number of nitrogens with one attached hydrogen (secondary N) is 1. The van der Waals surface area contributed by atoms with Gasteiger partial charge in [0.05, 0.1) is 6.04 Å². The number of aromatic nitrogens is 2. The fourth-order valence-corrected chi connectivity index (χ4v) is 2.59. The smallest absolute Gasteiger partial charge is 0.134 e. The van der Waals surface area contributed by atoms with Crippen molar-refractivity contribution in [3.8, 4) is 0 Å². The zero-order valence-corrected chi connectivity index (χ0v) is 11.2. The Labute approximate surface area is 106 Å². The number of nitrogens with zero attached hydrogens (tertiary/aromatic N) is 2. The molecule has 2 unspecified atom stereocenters. The van der Waals surface area contributed by atoms with Gasteiger partial charge in [-0.1, -0.05) is 48.6 Å². The predicted octanol–water partition coefficient (Wildman–Crippen LogP) is 2.97. The van der Waals surface area contributed by atoms with Gasteiger partial charge in [0, 0.05) is 5.92 Å². The van der Waals surface area contributed by atoms with Crippen LogP contribution in [-0.2, 0) is 0 Å². The molecule has 1 N–H and O–H groups in total. The van der Waals surface area contributed by atoms with E-state index in [9.17, 15) is 0 Å². The van der Waals surface area contributed by atoms with Crippen LogP contribution in [0.15, 0.2) is 30.3 Å². The van der Waals surface area contributed by atoms with E-state index < -0.39 is 0 Å². The van der Waals surface area contributed by atoms with E-state index in [2.05, 4.69) is 53.6 Å². The minimum Gasteiger partial charge on any atom is -0.311 e. The predicted molar refractivity (Wildman–Crippen MR) is 71.3 cm³/mol. The molecule has 4 heteroatoms. The normalized spacial score (nSPS) is 14.5. The highest BCUT2D eigenvalue weighted by Crippen LogP contribution is 2.28.